The third-order valence-corrected chi connectivity index (χ3v) is 1.84. The highest BCUT2D eigenvalue weighted by Crippen LogP contribution is 2.33. The van der Waals surface area contributed by atoms with Crippen LogP contribution >= 0.6 is 0 Å². The highest BCUT2D eigenvalue weighted by Gasteiger charge is 2.20. The van der Waals surface area contributed by atoms with Gasteiger partial charge in [-0.2, -0.15) is 0 Å². The molecule has 1 aromatic rings. The molecular formula is C9H8O3. The van der Waals surface area contributed by atoms with E-state index in [1.165, 1.54) is 0 Å². The number of rotatable bonds is 0. The second-order valence-corrected chi connectivity index (χ2v) is 2.84. The van der Waals surface area contributed by atoms with Crippen molar-refractivity contribution in [2.24, 2.45) is 0 Å². The van der Waals surface area contributed by atoms with E-state index in [4.69, 9.17) is 9.47 Å². The Hall–Kier alpha value is -1.51. The van der Waals surface area contributed by atoms with Crippen LogP contribution in [-0.2, 0) is 0 Å². The maximum absolute atomic E-state index is 10.8. The minimum atomic E-state index is -0.648. The Morgan fingerprint density at radius 3 is 2.08 bits per heavy atom. The largest absolute Gasteiger partial charge is 0.519 e. The first kappa shape index (κ1) is 7.16. The summed E-state index contributed by atoms with van der Waals surface area (Å²) in [5, 5.41) is 0. The van der Waals surface area contributed by atoms with Crippen molar-refractivity contribution in [1.82, 2.24) is 0 Å². The van der Waals surface area contributed by atoms with Crippen LogP contribution in [0.1, 0.15) is 11.1 Å². The molecule has 0 atom stereocenters. The van der Waals surface area contributed by atoms with Crippen molar-refractivity contribution in [3.05, 3.63) is 23.3 Å². The summed E-state index contributed by atoms with van der Waals surface area (Å²) in [6, 6.07) is 3.64. The topological polar surface area (TPSA) is 35.5 Å². The maximum atomic E-state index is 10.8. The van der Waals surface area contributed by atoms with E-state index in [9.17, 15) is 4.79 Å². The summed E-state index contributed by atoms with van der Waals surface area (Å²) in [7, 11) is 0. The van der Waals surface area contributed by atoms with Crippen LogP contribution in [0.25, 0.3) is 0 Å². The monoisotopic (exact) mass is 164 g/mol. The molecule has 0 amide bonds. The molecule has 1 heterocycles. The molecule has 0 aliphatic carbocycles. The van der Waals surface area contributed by atoms with Crippen LogP contribution in [0.5, 0.6) is 11.5 Å². The van der Waals surface area contributed by atoms with E-state index in [1.807, 2.05) is 26.0 Å². The van der Waals surface area contributed by atoms with Gasteiger partial charge < -0.3 is 9.47 Å². The fraction of sp³-hybridized carbons (Fsp3) is 0.222. The van der Waals surface area contributed by atoms with E-state index in [0.717, 1.165) is 11.1 Å². The first-order chi connectivity index (χ1) is 5.66. The van der Waals surface area contributed by atoms with Gasteiger partial charge in [0.2, 0.25) is 0 Å². The van der Waals surface area contributed by atoms with Gasteiger partial charge >= 0.3 is 6.16 Å². The smallest absolute Gasteiger partial charge is 0.394 e. The van der Waals surface area contributed by atoms with Crippen LogP contribution in [-0.4, -0.2) is 6.16 Å². The van der Waals surface area contributed by atoms with E-state index in [1.54, 1.807) is 0 Å². The molecule has 62 valence electrons. The molecule has 0 saturated carbocycles. The second kappa shape index (κ2) is 2.24. The normalized spacial score (nSPS) is 13.7. The van der Waals surface area contributed by atoms with Crippen molar-refractivity contribution in [3.8, 4) is 11.5 Å². The molecular weight excluding hydrogens is 156 g/mol. The molecule has 1 aliphatic rings. The van der Waals surface area contributed by atoms with Crippen LogP contribution in [0.2, 0.25) is 0 Å². The minimum Gasteiger partial charge on any atom is -0.394 e. The lowest BCUT2D eigenvalue weighted by Crippen LogP contribution is -2.19. The van der Waals surface area contributed by atoms with Crippen molar-refractivity contribution in [2.45, 2.75) is 13.8 Å². The summed E-state index contributed by atoms with van der Waals surface area (Å²) in [5.41, 5.74) is 1.90. The Labute approximate surface area is 69.9 Å². The van der Waals surface area contributed by atoms with Crippen molar-refractivity contribution in [2.75, 3.05) is 0 Å². The van der Waals surface area contributed by atoms with Gasteiger partial charge in [0.1, 0.15) is 11.5 Å². The van der Waals surface area contributed by atoms with Crippen molar-refractivity contribution in [3.63, 3.8) is 0 Å². The number of benzene rings is 1. The van der Waals surface area contributed by atoms with Gasteiger partial charge in [0.25, 0.3) is 0 Å². The Kier molecular flexibility index (Phi) is 1.33. The maximum Gasteiger partial charge on any atom is 0.519 e. The summed E-state index contributed by atoms with van der Waals surface area (Å²) in [6.07, 6.45) is -0.648. The number of hydrogen-bond acceptors (Lipinski definition) is 3. The second-order valence-electron chi connectivity index (χ2n) is 2.84. The van der Waals surface area contributed by atoms with Crippen LogP contribution in [0.4, 0.5) is 4.79 Å². The molecule has 0 saturated heterocycles. The van der Waals surface area contributed by atoms with Crippen LogP contribution in [0.15, 0.2) is 12.1 Å². The molecule has 0 unspecified atom stereocenters. The zero-order valence-corrected chi connectivity index (χ0v) is 6.88. The Balaban J connectivity index is 2.63. The number of ether oxygens (including phenoxy) is 2. The average molecular weight is 164 g/mol. The molecule has 3 nitrogen and oxygen atoms in total. The summed E-state index contributed by atoms with van der Waals surface area (Å²) in [4.78, 5) is 10.8. The molecule has 0 fully saturated rings. The van der Waals surface area contributed by atoms with Crippen molar-refractivity contribution < 1.29 is 14.3 Å². The number of hydrogen-bond donors (Lipinski definition) is 0. The highest BCUT2D eigenvalue weighted by atomic mass is 16.7. The zero-order valence-electron chi connectivity index (χ0n) is 6.88. The van der Waals surface area contributed by atoms with Gasteiger partial charge in [0.05, 0.1) is 0 Å². The SMILES string of the molecule is Cc1cc2c(C)c(c1)OC(=O)O2. The van der Waals surface area contributed by atoms with E-state index >= 15 is 0 Å². The van der Waals surface area contributed by atoms with Gasteiger partial charge in [0.15, 0.2) is 0 Å². The van der Waals surface area contributed by atoms with Crippen molar-refractivity contribution in [1.29, 1.82) is 0 Å². The molecule has 0 radical (unpaired) electrons. The summed E-state index contributed by atoms with van der Waals surface area (Å²) < 4.78 is 9.68. The summed E-state index contributed by atoms with van der Waals surface area (Å²) >= 11 is 0. The summed E-state index contributed by atoms with van der Waals surface area (Å²) in [5.74, 6) is 1.20. The fourth-order valence-electron chi connectivity index (χ4n) is 1.21. The van der Waals surface area contributed by atoms with Gasteiger partial charge in [-0.05, 0) is 31.5 Å². The number of fused-ring (bicyclic) bond motifs is 2. The van der Waals surface area contributed by atoms with Crippen LogP contribution in [0.3, 0.4) is 0 Å². The number of aryl methyl sites for hydroxylation is 1. The lowest BCUT2D eigenvalue weighted by molar-refractivity contribution is 0.145. The molecule has 0 spiro atoms. The molecule has 12 heavy (non-hydrogen) atoms. The van der Waals surface area contributed by atoms with Crippen LogP contribution in [0, 0.1) is 13.8 Å². The van der Waals surface area contributed by atoms with E-state index < -0.39 is 6.16 Å². The fourth-order valence-corrected chi connectivity index (χ4v) is 1.21. The molecule has 1 aromatic carbocycles. The molecule has 0 aromatic heterocycles. The van der Waals surface area contributed by atoms with Gasteiger partial charge in [-0.1, -0.05) is 0 Å². The Morgan fingerprint density at radius 1 is 1.08 bits per heavy atom. The first-order valence-corrected chi connectivity index (χ1v) is 3.68. The molecule has 2 bridgehead atoms. The first-order valence-electron chi connectivity index (χ1n) is 3.68. The highest BCUT2D eigenvalue weighted by molar-refractivity contribution is 5.72. The van der Waals surface area contributed by atoms with E-state index in [-0.39, 0.29) is 0 Å². The van der Waals surface area contributed by atoms with Crippen molar-refractivity contribution >= 4 is 6.16 Å². The Morgan fingerprint density at radius 2 is 1.58 bits per heavy atom. The number of carbonyl (C=O) groups is 1. The predicted molar refractivity (Wildman–Crippen MR) is 42.6 cm³/mol. The molecule has 1 aliphatic heterocycles. The standard InChI is InChI=1S/C9H8O3/c1-5-3-7-6(2)8(4-5)12-9(10)11-7/h3-4H,1-2H3. The summed E-state index contributed by atoms with van der Waals surface area (Å²) in [6.45, 7) is 3.78. The van der Waals surface area contributed by atoms with E-state index in [2.05, 4.69) is 0 Å². The molecule has 0 N–H and O–H groups in total. The van der Waals surface area contributed by atoms with E-state index in [0.29, 0.717) is 11.5 Å². The zero-order chi connectivity index (χ0) is 8.72. The Bertz CT molecular complexity index is 326. The third-order valence-electron chi connectivity index (χ3n) is 1.84. The quantitative estimate of drug-likeness (QED) is 0.435. The molecule has 3 heteroatoms. The average Bonchev–Trinajstić information content (AvgIpc) is 1.94. The van der Waals surface area contributed by atoms with Gasteiger partial charge in [0, 0.05) is 5.56 Å². The predicted octanol–water partition coefficient (Wildman–Crippen LogP) is 2.19. The lowest BCUT2D eigenvalue weighted by Gasteiger charge is -2.17. The van der Waals surface area contributed by atoms with Crippen LogP contribution < -0.4 is 9.47 Å². The molecule has 2 rings (SSSR count). The lowest BCUT2D eigenvalue weighted by atomic mass is 10.1. The van der Waals surface area contributed by atoms with Gasteiger partial charge in [-0.3, -0.25) is 0 Å². The third kappa shape index (κ3) is 0.942. The minimum absolute atomic E-state index is 0.598. The van der Waals surface area contributed by atoms with Gasteiger partial charge in [-0.25, -0.2) is 4.79 Å². The van der Waals surface area contributed by atoms with Gasteiger partial charge in [-0.15, -0.1) is 0 Å². The number of carbonyl (C=O) groups excluding carboxylic acids is 1.